The summed E-state index contributed by atoms with van der Waals surface area (Å²) in [6, 6.07) is 0.763. The molecule has 2 heteroatoms. The van der Waals surface area contributed by atoms with Crippen LogP contribution in [-0.4, -0.2) is 36.1 Å². The van der Waals surface area contributed by atoms with Crippen LogP contribution >= 0.6 is 0 Å². The average Bonchev–Trinajstić information content (AvgIpc) is 2.63. The predicted octanol–water partition coefficient (Wildman–Crippen LogP) is 2.89. The molecule has 1 N–H and O–H groups in total. The minimum Gasteiger partial charge on any atom is -0.309 e. The molecule has 0 spiro atoms. The second kappa shape index (κ2) is 5.27. The van der Waals surface area contributed by atoms with Crippen LogP contribution in [0.5, 0.6) is 0 Å². The summed E-state index contributed by atoms with van der Waals surface area (Å²) in [5.74, 6) is 1.93. The Morgan fingerprint density at radius 1 is 1.29 bits per heavy atom. The van der Waals surface area contributed by atoms with Gasteiger partial charge in [0.15, 0.2) is 0 Å². The fourth-order valence-electron chi connectivity index (χ4n) is 3.65. The van der Waals surface area contributed by atoms with Crippen LogP contribution in [0.2, 0.25) is 0 Å². The van der Waals surface area contributed by atoms with E-state index in [0.717, 1.165) is 17.9 Å². The first-order chi connectivity index (χ1) is 8.00. The van der Waals surface area contributed by atoms with Crippen LogP contribution < -0.4 is 5.32 Å². The standard InChI is InChI=1S/C15H30N2/c1-5-14-9-16-15(3,4)11-17(14)10-13-7-6-12(2)8-13/h12-14,16H,5-11H2,1-4H3. The summed E-state index contributed by atoms with van der Waals surface area (Å²) in [6.07, 6.45) is 5.66. The monoisotopic (exact) mass is 238 g/mol. The molecular weight excluding hydrogens is 208 g/mol. The van der Waals surface area contributed by atoms with E-state index >= 15 is 0 Å². The molecule has 1 aliphatic carbocycles. The molecule has 0 aromatic rings. The minimum atomic E-state index is 0.301. The van der Waals surface area contributed by atoms with Crippen LogP contribution in [-0.2, 0) is 0 Å². The van der Waals surface area contributed by atoms with Crippen molar-refractivity contribution in [2.75, 3.05) is 19.6 Å². The molecule has 1 heterocycles. The van der Waals surface area contributed by atoms with Gasteiger partial charge in [-0.15, -0.1) is 0 Å². The second-order valence-corrected chi connectivity index (χ2v) is 7.04. The maximum absolute atomic E-state index is 3.68. The van der Waals surface area contributed by atoms with Gasteiger partial charge in [0.1, 0.15) is 0 Å². The second-order valence-electron chi connectivity index (χ2n) is 7.04. The van der Waals surface area contributed by atoms with Gasteiger partial charge >= 0.3 is 0 Å². The molecule has 17 heavy (non-hydrogen) atoms. The highest BCUT2D eigenvalue weighted by atomic mass is 15.2. The van der Waals surface area contributed by atoms with Crippen molar-refractivity contribution in [3.05, 3.63) is 0 Å². The molecule has 0 amide bonds. The number of nitrogens with zero attached hydrogens (tertiary/aromatic N) is 1. The van der Waals surface area contributed by atoms with E-state index in [-0.39, 0.29) is 0 Å². The van der Waals surface area contributed by atoms with Gasteiger partial charge in [-0.1, -0.05) is 20.3 Å². The number of piperazine rings is 1. The Hall–Kier alpha value is -0.0800. The molecule has 100 valence electrons. The molecule has 1 aliphatic heterocycles. The Morgan fingerprint density at radius 2 is 2.06 bits per heavy atom. The molecule has 0 bridgehead atoms. The van der Waals surface area contributed by atoms with Crippen molar-refractivity contribution in [1.29, 1.82) is 0 Å². The smallest absolute Gasteiger partial charge is 0.0252 e. The lowest BCUT2D eigenvalue weighted by Crippen LogP contribution is -2.62. The third-order valence-corrected chi connectivity index (χ3v) is 4.70. The molecule has 3 atom stereocenters. The van der Waals surface area contributed by atoms with E-state index in [9.17, 15) is 0 Å². The van der Waals surface area contributed by atoms with E-state index in [0.29, 0.717) is 5.54 Å². The third-order valence-electron chi connectivity index (χ3n) is 4.70. The average molecular weight is 238 g/mol. The molecule has 0 radical (unpaired) electrons. The molecule has 0 aromatic heterocycles. The van der Waals surface area contributed by atoms with Crippen LogP contribution in [0.3, 0.4) is 0 Å². The topological polar surface area (TPSA) is 15.3 Å². The van der Waals surface area contributed by atoms with Gasteiger partial charge in [-0.2, -0.15) is 0 Å². The fraction of sp³-hybridized carbons (Fsp3) is 1.00. The highest BCUT2D eigenvalue weighted by Crippen LogP contribution is 2.32. The quantitative estimate of drug-likeness (QED) is 0.813. The maximum Gasteiger partial charge on any atom is 0.0252 e. The summed E-state index contributed by atoms with van der Waals surface area (Å²) in [6.45, 7) is 13.1. The molecule has 2 nitrogen and oxygen atoms in total. The van der Waals surface area contributed by atoms with Gasteiger partial charge in [0.2, 0.25) is 0 Å². The number of nitrogens with one attached hydrogen (secondary N) is 1. The molecule has 2 rings (SSSR count). The van der Waals surface area contributed by atoms with Crippen molar-refractivity contribution >= 4 is 0 Å². The third kappa shape index (κ3) is 3.45. The minimum absolute atomic E-state index is 0.301. The van der Waals surface area contributed by atoms with Crippen molar-refractivity contribution in [2.24, 2.45) is 11.8 Å². The Morgan fingerprint density at radius 3 is 2.65 bits per heavy atom. The molecule has 3 unspecified atom stereocenters. The van der Waals surface area contributed by atoms with E-state index < -0.39 is 0 Å². The van der Waals surface area contributed by atoms with E-state index in [4.69, 9.17) is 0 Å². The Bertz CT molecular complexity index is 249. The lowest BCUT2D eigenvalue weighted by Gasteiger charge is -2.45. The Kier molecular flexibility index (Phi) is 4.14. The Balaban J connectivity index is 1.91. The lowest BCUT2D eigenvalue weighted by atomic mass is 9.95. The largest absolute Gasteiger partial charge is 0.309 e. The van der Waals surface area contributed by atoms with Crippen LogP contribution in [0.4, 0.5) is 0 Å². The van der Waals surface area contributed by atoms with Crippen molar-refractivity contribution in [2.45, 2.75) is 65.0 Å². The lowest BCUT2D eigenvalue weighted by molar-refractivity contribution is 0.0771. The number of rotatable bonds is 3. The van der Waals surface area contributed by atoms with Gasteiger partial charge in [0.25, 0.3) is 0 Å². The summed E-state index contributed by atoms with van der Waals surface area (Å²) in [5, 5.41) is 3.68. The fourth-order valence-corrected chi connectivity index (χ4v) is 3.65. The van der Waals surface area contributed by atoms with Gasteiger partial charge < -0.3 is 5.32 Å². The zero-order valence-electron chi connectivity index (χ0n) is 12.1. The van der Waals surface area contributed by atoms with E-state index in [1.54, 1.807) is 0 Å². The zero-order chi connectivity index (χ0) is 12.5. The summed E-state index contributed by atoms with van der Waals surface area (Å²) >= 11 is 0. The van der Waals surface area contributed by atoms with Crippen molar-refractivity contribution < 1.29 is 0 Å². The highest BCUT2D eigenvalue weighted by Gasteiger charge is 2.33. The maximum atomic E-state index is 3.68. The van der Waals surface area contributed by atoms with E-state index in [2.05, 4.69) is 37.9 Å². The molecule has 2 fully saturated rings. The van der Waals surface area contributed by atoms with Gasteiger partial charge in [0.05, 0.1) is 0 Å². The molecular formula is C15H30N2. The number of hydrogen-bond acceptors (Lipinski definition) is 2. The van der Waals surface area contributed by atoms with Crippen LogP contribution in [0.1, 0.15) is 53.4 Å². The van der Waals surface area contributed by atoms with E-state index in [1.165, 1.54) is 45.3 Å². The summed E-state index contributed by atoms with van der Waals surface area (Å²) in [4.78, 5) is 2.76. The van der Waals surface area contributed by atoms with Gasteiger partial charge in [-0.05, 0) is 44.9 Å². The van der Waals surface area contributed by atoms with Crippen molar-refractivity contribution in [3.8, 4) is 0 Å². The first-order valence-corrected chi connectivity index (χ1v) is 7.49. The number of hydrogen-bond donors (Lipinski definition) is 1. The molecule has 1 saturated carbocycles. The normalized spacial score (nSPS) is 38.5. The first kappa shape index (κ1) is 13.4. The summed E-state index contributed by atoms with van der Waals surface area (Å²) < 4.78 is 0. The van der Waals surface area contributed by atoms with Crippen LogP contribution in [0.25, 0.3) is 0 Å². The zero-order valence-corrected chi connectivity index (χ0v) is 12.1. The summed E-state index contributed by atoms with van der Waals surface area (Å²) in [5.41, 5.74) is 0.301. The predicted molar refractivity (Wildman–Crippen MR) is 74.2 cm³/mol. The Labute approximate surface area is 107 Å². The van der Waals surface area contributed by atoms with Gasteiger partial charge in [-0.25, -0.2) is 0 Å². The van der Waals surface area contributed by atoms with Gasteiger partial charge in [-0.3, -0.25) is 4.90 Å². The van der Waals surface area contributed by atoms with Crippen molar-refractivity contribution in [3.63, 3.8) is 0 Å². The van der Waals surface area contributed by atoms with Crippen LogP contribution in [0.15, 0.2) is 0 Å². The molecule has 1 saturated heterocycles. The molecule has 2 aliphatic rings. The van der Waals surface area contributed by atoms with Crippen molar-refractivity contribution in [1.82, 2.24) is 10.2 Å². The van der Waals surface area contributed by atoms with E-state index in [1.807, 2.05) is 0 Å². The van der Waals surface area contributed by atoms with Gasteiger partial charge in [0, 0.05) is 31.2 Å². The summed E-state index contributed by atoms with van der Waals surface area (Å²) in [7, 11) is 0. The molecule has 0 aromatic carbocycles. The first-order valence-electron chi connectivity index (χ1n) is 7.49. The SMILES string of the molecule is CCC1CNC(C)(C)CN1CC1CCC(C)C1. The van der Waals surface area contributed by atoms with Crippen LogP contribution in [0, 0.1) is 11.8 Å². The highest BCUT2D eigenvalue weighted by molar-refractivity contribution is 4.93.